The van der Waals surface area contributed by atoms with E-state index in [0.29, 0.717) is 18.4 Å². The van der Waals surface area contributed by atoms with Crippen molar-refractivity contribution < 1.29 is 10.2 Å². The van der Waals surface area contributed by atoms with Crippen LogP contribution in [0.2, 0.25) is 0 Å². The molecule has 0 heterocycles. The second-order valence-corrected chi connectivity index (χ2v) is 6.49. The van der Waals surface area contributed by atoms with Crippen molar-refractivity contribution >= 4 is 0 Å². The van der Waals surface area contributed by atoms with Crippen LogP contribution < -0.4 is 0 Å². The van der Waals surface area contributed by atoms with E-state index in [1.54, 1.807) is 0 Å². The molecule has 2 N–H and O–H groups in total. The van der Waals surface area contributed by atoms with Gasteiger partial charge < -0.3 is 10.2 Å². The van der Waals surface area contributed by atoms with Gasteiger partial charge in [-0.05, 0) is 50.4 Å². The molecule has 0 bridgehead atoms. The molecule has 2 rings (SSSR count). The first kappa shape index (κ1) is 14.3. The predicted molar refractivity (Wildman–Crippen MR) is 74.4 cm³/mol. The molecule has 0 atom stereocenters. The molecule has 0 radical (unpaired) electrons. The van der Waals surface area contributed by atoms with Gasteiger partial charge in [-0.25, -0.2) is 0 Å². The number of aliphatic hydroxyl groups is 2. The van der Waals surface area contributed by atoms with Gasteiger partial charge in [0.15, 0.2) is 0 Å². The maximum Gasteiger partial charge on any atom is 0.0703 e. The Morgan fingerprint density at radius 2 is 1.28 bits per heavy atom. The maximum absolute atomic E-state index is 11.2. The molecular weight excluding hydrogens is 224 g/mol. The fourth-order valence-corrected chi connectivity index (χ4v) is 4.29. The number of hydrogen-bond acceptors (Lipinski definition) is 2. The van der Waals surface area contributed by atoms with Crippen LogP contribution in [0, 0.1) is 11.8 Å². The van der Waals surface area contributed by atoms with E-state index in [4.69, 9.17) is 5.11 Å². The molecule has 2 saturated carbocycles. The molecule has 2 heteroatoms. The van der Waals surface area contributed by atoms with E-state index in [2.05, 4.69) is 0 Å². The molecule has 18 heavy (non-hydrogen) atoms. The van der Waals surface area contributed by atoms with E-state index in [0.717, 1.165) is 25.7 Å². The minimum atomic E-state index is -0.373. The zero-order valence-electron chi connectivity index (χ0n) is 11.7. The van der Waals surface area contributed by atoms with Crippen LogP contribution in [0.25, 0.3) is 0 Å². The van der Waals surface area contributed by atoms with Gasteiger partial charge in [-0.15, -0.1) is 0 Å². The summed E-state index contributed by atoms with van der Waals surface area (Å²) in [6.45, 7) is 0.297. The molecule has 0 aromatic heterocycles. The summed E-state index contributed by atoms with van der Waals surface area (Å²) < 4.78 is 0. The Bertz CT molecular complexity index is 211. The lowest BCUT2D eigenvalue weighted by Crippen LogP contribution is -2.43. The molecule has 0 aromatic rings. The molecule has 2 aliphatic carbocycles. The van der Waals surface area contributed by atoms with E-state index >= 15 is 0 Å². The summed E-state index contributed by atoms with van der Waals surface area (Å²) in [4.78, 5) is 0. The van der Waals surface area contributed by atoms with Gasteiger partial charge in [-0.1, -0.05) is 38.5 Å². The first-order valence-corrected chi connectivity index (χ1v) is 8.10. The highest BCUT2D eigenvalue weighted by molar-refractivity contribution is 4.96. The second kappa shape index (κ2) is 6.91. The van der Waals surface area contributed by atoms with Gasteiger partial charge in [-0.3, -0.25) is 0 Å². The van der Waals surface area contributed by atoms with E-state index in [1.807, 2.05) is 0 Å². The number of rotatable bonds is 7. The van der Waals surface area contributed by atoms with E-state index in [-0.39, 0.29) is 5.60 Å². The standard InChI is InChI=1S/C16H30O2/c17-13-7-1-6-12-16(18,14-8-2-3-9-14)15-10-4-5-11-15/h14-15,17-18H,1-13H2. The molecule has 0 amide bonds. The smallest absolute Gasteiger partial charge is 0.0703 e. The molecule has 0 aliphatic heterocycles. The molecule has 106 valence electrons. The van der Waals surface area contributed by atoms with Crippen LogP contribution in [0.3, 0.4) is 0 Å². The van der Waals surface area contributed by atoms with Crippen LogP contribution in [-0.2, 0) is 0 Å². The number of hydrogen-bond donors (Lipinski definition) is 2. The minimum absolute atomic E-state index is 0.297. The highest BCUT2D eigenvalue weighted by Gasteiger charge is 2.44. The fraction of sp³-hybridized carbons (Fsp3) is 1.00. The maximum atomic E-state index is 11.2. The van der Waals surface area contributed by atoms with Crippen molar-refractivity contribution in [2.24, 2.45) is 11.8 Å². The zero-order valence-corrected chi connectivity index (χ0v) is 11.7. The Kier molecular flexibility index (Phi) is 5.50. The van der Waals surface area contributed by atoms with Crippen molar-refractivity contribution in [3.05, 3.63) is 0 Å². The molecule has 2 aliphatic rings. The molecule has 0 saturated heterocycles. The highest BCUT2D eigenvalue weighted by Crippen LogP contribution is 2.46. The average molecular weight is 254 g/mol. The second-order valence-electron chi connectivity index (χ2n) is 6.49. The Morgan fingerprint density at radius 3 is 1.72 bits per heavy atom. The normalized spacial score (nSPS) is 23.0. The summed E-state index contributed by atoms with van der Waals surface area (Å²) >= 11 is 0. The van der Waals surface area contributed by atoms with Gasteiger partial charge in [0.2, 0.25) is 0 Å². The first-order chi connectivity index (χ1) is 8.77. The van der Waals surface area contributed by atoms with E-state index in [9.17, 15) is 5.11 Å². The minimum Gasteiger partial charge on any atom is -0.396 e. The Labute approximate surface area is 112 Å². The van der Waals surface area contributed by atoms with Crippen LogP contribution in [0.5, 0.6) is 0 Å². The summed E-state index contributed by atoms with van der Waals surface area (Å²) in [6, 6.07) is 0. The molecule has 2 fully saturated rings. The van der Waals surface area contributed by atoms with Crippen molar-refractivity contribution in [3.8, 4) is 0 Å². The largest absolute Gasteiger partial charge is 0.396 e. The van der Waals surface area contributed by atoms with Gasteiger partial charge in [0.1, 0.15) is 0 Å². The van der Waals surface area contributed by atoms with Crippen LogP contribution >= 0.6 is 0 Å². The van der Waals surface area contributed by atoms with Crippen molar-refractivity contribution in [3.63, 3.8) is 0 Å². The SMILES string of the molecule is OCCCCCC(O)(C1CCCC1)C1CCCC1. The summed E-state index contributed by atoms with van der Waals surface area (Å²) in [5.74, 6) is 1.13. The quantitative estimate of drug-likeness (QED) is 0.681. The third-order valence-corrected chi connectivity index (χ3v) is 5.36. The molecule has 0 unspecified atom stereocenters. The predicted octanol–water partition coefficient (Wildman–Crippen LogP) is 3.65. The van der Waals surface area contributed by atoms with Crippen LogP contribution in [-0.4, -0.2) is 22.4 Å². The lowest BCUT2D eigenvalue weighted by molar-refractivity contribution is -0.0748. The summed E-state index contributed by atoms with van der Waals surface area (Å²) in [5, 5.41) is 20.1. The molecular formula is C16H30O2. The number of unbranched alkanes of at least 4 members (excludes halogenated alkanes) is 2. The topological polar surface area (TPSA) is 40.5 Å². The van der Waals surface area contributed by atoms with Gasteiger partial charge in [-0.2, -0.15) is 0 Å². The molecule has 2 nitrogen and oxygen atoms in total. The van der Waals surface area contributed by atoms with Gasteiger partial charge in [0.05, 0.1) is 5.60 Å². The number of aliphatic hydroxyl groups excluding tert-OH is 1. The van der Waals surface area contributed by atoms with E-state index < -0.39 is 0 Å². The lowest BCUT2D eigenvalue weighted by atomic mass is 9.72. The van der Waals surface area contributed by atoms with Crippen molar-refractivity contribution in [1.29, 1.82) is 0 Å². The fourth-order valence-electron chi connectivity index (χ4n) is 4.29. The lowest BCUT2D eigenvalue weighted by Gasteiger charge is -2.40. The van der Waals surface area contributed by atoms with Crippen LogP contribution in [0.1, 0.15) is 77.0 Å². The average Bonchev–Trinajstić information content (AvgIpc) is 3.05. The summed E-state index contributed by atoms with van der Waals surface area (Å²) in [6.07, 6.45) is 14.3. The Hall–Kier alpha value is -0.0800. The Balaban J connectivity index is 1.92. The first-order valence-electron chi connectivity index (χ1n) is 8.10. The zero-order chi connectivity index (χ0) is 12.8. The monoisotopic (exact) mass is 254 g/mol. The van der Waals surface area contributed by atoms with E-state index in [1.165, 1.54) is 51.4 Å². The molecule has 0 spiro atoms. The summed E-state index contributed by atoms with van der Waals surface area (Å²) in [5.41, 5.74) is -0.373. The van der Waals surface area contributed by atoms with Gasteiger partial charge in [0, 0.05) is 6.61 Å². The van der Waals surface area contributed by atoms with Gasteiger partial charge in [0.25, 0.3) is 0 Å². The van der Waals surface area contributed by atoms with Crippen molar-refractivity contribution in [1.82, 2.24) is 0 Å². The van der Waals surface area contributed by atoms with Crippen molar-refractivity contribution in [2.45, 2.75) is 82.7 Å². The third kappa shape index (κ3) is 3.27. The van der Waals surface area contributed by atoms with Crippen LogP contribution in [0.15, 0.2) is 0 Å². The molecule has 0 aromatic carbocycles. The van der Waals surface area contributed by atoms with Crippen molar-refractivity contribution in [2.75, 3.05) is 6.61 Å². The van der Waals surface area contributed by atoms with Crippen LogP contribution in [0.4, 0.5) is 0 Å². The Morgan fingerprint density at radius 1 is 0.778 bits per heavy atom. The van der Waals surface area contributed by atoms with Gasteiger partial charge >= 0.3 is 0 Å². The highest BCUT2D eigenvalue weighted by atomic mass is 16.3. The third-order valence-electron chi connectivity index (χ3n) is 5.36. The summed E-state index contributed by atoms with van der Waals surface area (Å²) in [7, 11) is 0.